The molecule has 0 atom stereocenters. The van der Waals surface area contributed by atoms with Crippen LogP contribution in [-0.2, 0) is 19.1 Å². The molecule has 9 nitrogen and oxygen atoms in total. The molecule has 0 saturated carbocycles. The molecule has 0 fully saturated rings. The monoisotopic (exact) mass is 397 g/mol. The Morgan fingerprint density at radius 3 is 2.30 bits per heavy atom. The second kappa shape index (κ2) is 12.5. The van der Waals surface area contributed by atoms with E-state index in [-0.39, 0.29) is 24.6 Å². The smallest absolute Gasteiger partial charge is 0.306 e. The van der Waals surface area contributed by atoms with Crippen LogP contribution in [0.25, 0.3) is 0 Å². The van der Waals surface area contributed by atoms with Crippen molar-refractivity contribution in [3.05, 3.63) is 24.3 Å². The molecule has 2 amide bonds. The van der Waals surface area contributed by atoms with Crippen LogP contribution in [0.4, 0.5) is 0 Å². The maximum atomic E-state index is 11.7. The summed E-state index contributed by atoms with van der Waals surface area (Å²) in [5, 5.41) is 2.24. The van der Waals surface area contributed by atoms with Gasteiger partial charge in [-0.15, -0.1) is 0 Å². The van der Waals surface area contributed by atoms with E-state index in [2.05, 4.69) is 16.2 Å². The molecule has 10 heteroatoms. The lowest BCUT2D eigenvalue weighted by atomic mass is 10.3. The Morgan fingerprint density at radius 2 is 1.67 bits per heavy atom. The second-order valence-electron chi connectivity index (χ2n) is 5.24. The first-order chi connectivity index (χ1) is 12.9. The minimum Gasteiger partial charge on any atom is -0.497 e. The van der Waals surface area contributed by atoms with Gasteiger partial charge in [-0.1, -0.05) is 6.92 Å². The number of carbonyl (C=O) groups excluding carboxylic acids is 3. The summed E-state index contributed by atoms with van der Waals surface area (Å²) < 4.78 is 15.2. The van der Waals surface area contributed by atoms with Gasteiger partial charge in [-0.05, 0) is 42.9 Å². The summed E-state index contributed by atoms with van der Waals surface area (Å²) in [5.41, 5.74) is 4.66. The summed E-state index contributed by atoms with van der Waals surface area (Å²) >= 11 is 4.88. The number of rotatable bonds is 9. The van der Waals surface area contributed by atoms with Crippen molar-refractivity contribution in [3.63, 3.8) is 0 Å². The summed E-state index contributed by atoms with van der Waals surface area (Å²) in [7, 11) is 1.55. The summed E-state index contributed by atoms with van der Waals surface area (Å²) in [6.07, 6.45) is 0.600. The first-order valence-electron chi connectivity index (χ1n) is 8.25. The molecule has 1 aromatic carbocycles. The molecule has 0 bridgehead atoms. The zero-order chi connectivity index (χ0) is 20.1. The fraction of sp³-hybridized carbons (Fsp3) is 0.412. The highest BCUT2D eigenvalue weighted by Crippen LogP contribution is 2.16. The minimum absolute atomic E-state index is 0.0451. The van der Waals surface area contributed by atoms with Gasteiger partial charge in [0.25, 0.3) is 5.91 Å². The number of benzene rings is 1. The molecular formula is C17H23N3O6S. The van der Waals surface area contributed by atoms with Crippen molar-refractivity contribution in [2.75, 3.05) is 20.3 Å². The molecule has 0 spiro atoms. The highest BCUT2D eigenvalue weighted by molar-refractivity contribution is 7.80. The van der Waals surface area contributed by atoms with Gasteiger partial charge in [0.2, 0.25) is 5.91 Å². The number of hydrazine groups is 1. The fourth-order valence-electron chi connectivity index (χ4n) is 1.71. The van der Waals surface area contributed by atoms with Crippen molar-refractivity contribution < 1.29 is 28.6 Å². The maximum absolute atomic E-state index is 11.7. The van der Waals surface area contributed by atoms with E-state index in [1.165, 1.54) is 0 Å². The number of hydrogen-bond acceptors (Lipinski definition) is 7. The Morgan fingerprint density at radius 1 is 1.00 bits per heavy atom. The molecule has 0 aliphatic carbocycles. The van der Waals surface area contributed by atoms with E-state index in [4.69, 9.17) is 26.4 Å². The molecule has 0 aliphatic rings. The lowest BCUT2D eigenvalue weighted by molar-refractivity contribution is -0.144. The van der Waals surface area contributed by atoms with Crippen LogP contribution in [0, 0.1) is 0 Å². The summed E-state index contributed by atoms with van der Waals surface area (Å²) in [6, 6.07) is 6.73. The molecule has 148 valence electrons. The van der Waals surface area contributed by atoms with Crippen molar-refractivity contribution in [3.8, 4) is 11.5 Å². The second-order valence-corrected chi connectivity index (χ2v) is 5.64. The van der Waals surface area contributed by atoms with E-state index in [9.17, 15) is 14.4 Å². The molecule has 0 aromatic heterocycles. The largest absolute Gasteiger partial charge is 0.497 e. The third kappa shape index (κ3) is 10.00. The van der Waals surface area contributed by atoms with E-state index in [0.29, 0.717) is 24.5 Å². The zero-order valence-corrected chi connectivity index (χ0v) is 16.0. The number of nitrogens with one attached hydrogen (secondary N) is 3. The van der Waals surface area contributed by atoms with E-state index in [0.717, 1.165) is 0 Å². The van der Waals surface area contributed by atoms with Crippen LogP contribution in [0.2, 0.25) is 0 Å². The Bertz CT molecular complexity index is 651. The molecule has 0 radical (unpaired) electrons. The predicted molar refractivity (Wildman–Crippen MR) is 101 cm³/mol. The highest BCUT2D eigenvalue weighted by atomic mass is 32.1. The minimum atomic E-state index is -0.495. The van der Waals surface area contributed by atoms with Crippen molar-refractivity contribution in [2.24, 2.45) is 0 Å². The predicted octanol–water partition coefficient (Wildman–Crippen LogP) is 0.829. The number of amides is 2. The average molecular weight is 397 g/mol. The number of carbonyl (C=O) groups is 3. The van der Waals surface area contributed by atoms with Gasteiger partial charge in [0.15, 0.2) is 11.7 Å². The van der Waals surface area contributed by atoms with Crippen LogP contribution in [-0.4, -0.2) is 43.2 Å². The Labute approximate surface area is 162 Å². The van der Waals surface area contributed by atoms with Gasteiger partial charge >= 0.3 is 5.97 Å². The van der Waals surface area contributed by atoms with Gasteiger partial charge in [0.05, 0.1) is 20.1 Å². The van der Waals surface area contributed by atoms with Crippen LogP contribution < -0.4 is 25.6 Å². The van der Waals surface area contributed by atoms with Crippen LogP contribution >= 0.6 is 12.2 Å². The van der Waals surface area contributed by atoms with Crippen LogP contribution in [0.5, 0.6) is 11.5 Å². The first kappa shape index (κ1) is 22.2. The van der Waals surface area contributed by atoms with E-state index in [1.54, 1.807) is 31.4 Å². The highest BCUT2D eigenvalue weighted by Gasteiger charge is 2.10. The molecule has 1 rings (SSSR count). The molecule has 0 unspecified atom stereocenters. The normalized spacial score (nSPS) is 9.70. The van der Waals surface area contributed by atoms with Crippen molar-refractivity contribution in [1.82, 2.24) is 16.2 Å². The van der Waals surface area contributed by atoms with Crippen LogP contribution in [0.1, 0.15) is 26.2 Å². The Balaban J connectivity index is 2.19. The third-order valence-corrected chi connectivity index (χ3v) is 3.23. The molecular weight excluding hydrogens is 374 g/mol. The van der Waals surface area contributed by atoms with Crippen molar-refractivity contribution in [1.29, 1.82) is 0 Å². The first-order valence-corrected chi connectivity index (χ1v) is 8.66. The van der Waals surface area contributed by atoms with Gasteiger partial charge < -0.3 is 19.5 Å². The molecule has 0 aliphatic heterocycles. The number of esters is 1. The van der Waals surface area contributed by atoms with Crippen molar-refractivity contribution in [2.45, 2.75) is 26.2 Å². The zero-order valence-electron chi connectivity index (χ0n) is 15.2. The molecule has 0 heterocycles. The van der Waals surface area contributed by atoms with Crippen molar-refractivity contribution >= 4 is 35.1 Å². The van der Waals surface area contributed by atoms with E-state index < -0.39 is 17.8 Å². The maximum Gasteiger partial charge on any atom is 0.306 e. The lowest BCUT2D eigenvalue weighted by Gasteiger charge is -2.11. The standard InChI is InChI=1S/C17H23N3O6S/c1-3-10-25-16(23)9-8-14(21)18-17(27)20-19-15(22)11-26-13-6-4-12(24-2)5-7-13/h4-7H,3,8-11H2,1-2H3,(H,19,22)(H2,18,20,21,27). The van der Waals surface area contributed by atoms with Gasteiger partial charge in [-0.2, -0.15) is 0 Å². The van der Waals surface area contributed by atoms with E-state index >= 15 is 0 Å². The van der Waals surface area contributed by atoms with E-state index in [1.807, 2.05) is 6.92 Å². The summed E-state index contributed by atoms with van der Waals surface area (Å²) in [5.74, 6) is -0.241. The molecule has 0 saturated heterocycles. The number of thiocarbonyl (C=S) groups is 1. The number of hydrogen-bond donors (Lipinski definition) is 3. The lowest BCUT2D eigenvalue weighted by Crippen LogP contribution is -2.49. The number of ether oxygens (including phenoxy) is 3. The Kier molecular flexibility index (Phi) is 10.2. The van der Waals surface area contributed by atoms with Gasteiger partial charge in [0.1, 0.15) is 11.5 Å². The Hall–Kier alpha value is -2.88. The summed E-state index contributed by atoms with van der Waals surface area (Å²) in [4.78, 5) is 34.6. The molecule has 1 aromatic rings. The quantitative estimate of drug-likeness (QED) is 0.319. The van der Waals surface area contributed by atoms with Gasteiger partial charge in [-0.25, -0.2) is 0 Å². The summed E-state index contributed by atoms with van der Waals surface area (Å²) in [6.45, 7) is 1.95. The average Bonchev–Trinajstić information content (AvgIpc) is 2.67. The third-order valence-electron chi connectivity index (χ3n) is 3.02. The van der Waals surface area contributed by atoms with Gasteiger partial charge in [-0.3, -0.25) is 25.2 Å². The molecule has 3 N–H and O–H groups in total. The fourth-order valence-corrected chi connectivity index (χ4v) is 1.87. The topological polar surface area (TPSA) is 115 Å². The molecule has 27 heavy (non-hydrogen) atoms. The number of methoxy groups -OCH3 is 1. The SMILES string of the molecule is CCCOC(=O)CCC(=O)NC(=S)NNC(=O)COc1ccc(OC)cc1. The van der Waals surface area contributed by atoms with Crippen LogP contribution in [0.15, 0.2) is 24.3 Å². The van der Waals surface area contributed by atoms with Crippen LogP contribution in [0.3, 0.4) is 0 Å². The van der Waals surface area contributed by atoms with Gasteiger partial charge in [0, 0.05) is 6.42 Å².